The molecule has 0 unspecified atom stereocenters. The Morgan fingerprint density at radius 1 is 1.25 bits per heavy atom. The maximum absolute atomic E-state index is 11.8. The summed E-state index contributed by atoms with van der Waals surface area (Å²) in [5.41, 5.74) is 0.146. The largest absolute Gasteiger partial charge is 0.379 e. The van der Waals surface area contributed by atoms with Crippen LogP contribution < -0.4 is 4.72 Å². The molecule has 1 heterocycles. The molecule has 0 aromatic heterocycles. The van der Waals surface area contributed by atoms with Crippen molar-refractivity contribution in [2.24, 2.45) is 5.41 Å². The molecule has 0 radical (unpaired) electrons. The van der Waals surface area contributed by atoms with Gasteiger partial charge in [-0.15, -0.1) is 0 Å². The van der Waals surface area contributed by atoms with Crippen molar-refractivity contribution in [3.63, 3.8) is 0 Å². The van der Waals surface area contributed by atoms with Gasteiger partial charge in [-0.2, -0.15) is 12.7 Å². The normalized spacial score (nSPS) is 19.9. The molecule has 1 N–H and O–H groups in total. The van der Waals surface area contributed by atoms with Crippen molar-refractivity contribution >= 4 is 10.2 Å². The average Bonchev–Trinajstić information content (AvgIpc) is 2.17. The second-order valence-electron chi connectivity index (χ2n) is 5.22. The van der Waals surface area contributed by atoms with Gasteiger partial charge in [0.1, 0.15) is 0 Å². The van der Waals surface area contributed by atoms with Crippen LogP contribution >= 0.6 is 0 Å². The molecular formula is C10H22N2O3S. The third-order valence-corrected chi connectivity index (χ3v) is 4.08. The van der Waals surface area contributed by atoms with Crippen LogP contribution in [0, 0.1) is 5.41 Å². The molecule has 5 nitrogen and oxygen atoms in total. The number of morpholine rings is 1. The molecule has 1 aliphatic rings. The number of ether oxygens (including phenoxy) is 1. The van der Waals surface area contributed by atoms with E-state index in [1.54, 1.807) is 0 Å². The Balaban J connectivity index is 2.39. The molecule has 0 saturated carbocycles. The Morgan fingerprint density at radius 2 is 1.81 bits per heavy atom. The Kier molecular flexibility index (Phi) is 4.73. The molecule has 0 aliphatic carbocycles. The van der Waals surface area contributed by atoms with Gasteiger partial charge in [0.05, 0.1) is 13.2 Å². The zero-order valence-electron chi connectivity index (χ0n) is 10.3. The first-order valence-electron chi connectivity index (χ1n) is 5.64. The van der Waals surface area contributed by atoms with Gasteiger partial charge in [0.15, 0.2) is 0 Å². The van der Waals surface area contributed by atoms with E-state index < -0.39 is 10.2 Å². The van der Waals surface area contributed by atoms with E-state index in [1.165, 1.54) is 4.31 Å². The topological polar surface area (TPSA) is 58.6 Å². The number of hydrogen-bond donors (Lipinski definition) is 1. The predicted molar refractivity (Wildman–Crippen MR) is 63.4 cm³/mol. The lowest BCUT2D eigenvalue weighted by atomic mass is 9.93. The average molecular weight is 250 g/mol. The van der Waals surface area contributed by atoms with E-state index in [0.717, 1.165) is 6.42 Å². The maximum Gasteiger partial charge on any atom is 0.279 e. The molecule has 96 valence electrons. The van der Waals surface area contributed by atoms with Crippen molar-refractivity contribution in [1.82, 2.24) is 9.03 Å². The highest BCUT2D eigenvalue weighted by Gasteiger charge is 2.24. The summed E-state index contributed by atoms with van der Waals surface area (Å²) >= 11 is 0. The lowest BCUT2D eigenvalue weighted by Crippen LogP contribution is -2.47. The van der Waals surface area contributed by atoms with Gasteiger partial charge in [-0.05, 0) is 11.8 Å². The minimum Gasteiger partial charge on any atom is -0.379 e. The van der Waals surface area contributed by atoms with Crippen LogP contribution in [0.1, 0.15) is 27.2 Å². The first kappa shape index (κ1) is 13.9. The molecule has 16 heavy (non-hydrogen) atoms. The van der Waals surface area contributed by atoms with Gasteiger partial charge in [-0.3, -0.25) is 0 Å². The monoisotopic (exact) mass is 250 g/mol. The highest BCUT2D eigenvalue weighted by Crippen LogP contribution is 2.17. The van der Waals surface area contributed by atoms with E-state index in [9.17, 15) is 8.42 Å². The summed E-state index contributed by atoms with van der Waals surface area (Å²) in [4.78, 5) is 0. The molecule has 0 bridgehead atoms. The molecule has 1 aliphatic heterocycles. The predicted octanol–water partition coefficient (Wildman–Crippen LogP) is 0.589. The number of rotatable bonds is 4. The third-order valence-electron chi connectivity index (χ3n) is 2.47. The van der Waals surface area contributed by atoms with Crippen LogP contribution in [0.3, 0.4) is 0 Å². The molecule has 0 aromatic carbocycles. The van der Waals surface area contributed by atoms with Gasteiger partial charge in [-0.1, -0.05) is 20.8 Å². The summed E-state index contributed by atoms with van der Waals surface area (Å²) in [5.74, 6) is 0. The summed E-state index contributed by atoms with van der Waals surface area (Å²) in [6.45, 7) is 8.64. The maximum atomic E-state index is 11.8. The SMILES string of the molecule is CC(C)(C)CCNS(=O)(=O)N1CCOCC1. The molecule has 1 fully saturated rings. The van der Waals surface area contributed by atoms with E-state index in [1.807, 2.05) is 0 Å². The number of nitrogens with zero attached hydrogens (tertiary/aromatic N) is 1. The third kappa shape index (κ3) is 4.78. The Labute approximate surface area is 98.3 Å². The number of hydrogen-bond acceptors (Lipinski definition) is 3. The van der Waals surface area contributed by atoms with Crippen molar-refractivity contribution in [2.75, 3.05) is 32.8 Å². The zero-order valence-corrected chi connectivity index (χ0v) is 11.1. The standard InChI is InChI=1S/C10H22N2O3S/c1-10(2,3)4-5-11-16(13,14)12-6-8-15-9-7-12/h11H,4-9H2,1-3H3. The van der Waals surface area contributed by atoms with E-state index in [4.69, 9.17) is 4.74 Å². The van der Waals surface area contributed by atoms with Gasteiger partial charge in [-0.25, -0.2) is 4.72 Å². The summed E-state index contributed by atoms with van der Waals surface area (Å²) in [6.07, 6.45) is 0.830. The van der Waals surface area contributed by atoms with E-state index in [2.05, 4.69) is 25.5 Å². The van der Waals surface area contributed by atoms with E-state index >= 15 is 0 Å². The highest BCUT2D eigenvalue weighted by molar-refractivity contribution is 7.87. The first-order valence-corrected chi connectivity index (χ1v) is 7.08. The van der Waals surface area contributed by atoms with Gasteiger partial charge < -0.3 is 4.74 Å². The van der Waals surface area contributed by atoms with Crippen LogP contribution in [0.5, 0.6) is 0 Å². The van der Waals surface area contributed by atoms with Crippen molar-refractivity contribution in [3.05, 3.63) is 0 Å². The summed E-state index contributed by atoms with van der Waals surface area (Å²) in [7, 11) is -3.30. The van der Waals surface area contributed by atoms with E-state index in [0.29, 0.717) is 32.8 Å². The highest BCUT2D eigenvalue weighted by atomic mass is 32.2. The quantitative estimate of drug-likeness (QED) is 0.794. The zero-order chi connectivity index (χ0) is 12.2. The van der Waals surface area contributed by atoms with Crippen molar-refractivity contribution in [3.8, 4) is 0 Å². The van der Waals surface area contributed by atoms with Gasteiger partial charge in [0, 0.05) is 19.6 Å². The summed E-state index contributed by atoms with van der Waals surface area (Å²) < 4.78 is 32.9. The van der Waals surface area contributed by atoms with Crippen LogP contribution in [0.15, 0.2) is 0 Å². The summed E-state index contributed by atoms with van der Waals surface area (Å²) in [6, 6.07) is 0. The fraction of sp³-hybridized carbons (Fsp3) is 1.00. The van der Waals surface area contributed by atoms with Crippen molar-refractivity contribution in [2.45, 2.75) is 27.2 Å². The molecule has 0 spiro atoms. The van der Waals surface area contributed by atoms with E-state index in [-0.39, 0.29) is 5.41 Å². The second kappa shape index (κ2) is 5.44. The van der Waals surface area contributed by atoms with Crippen LogP contribution in [-0.2, 0) is 14.9 Å². The Bertz CT molecular complexity index is 303. The Hall–Kier alpha value is -0.170. The lowest BCUT2D eigenvalue weighted by Gasteiger charge is -2.27. The van der Waals surface area contributed by atoms with Gasteiger partial charge >= 0.3 is 0 Å². The van der Waals surface area contributed by atoms with Crippen molar-refractivity contribution in [1.29, 1.82) is 0 Å². The molecule has 0 atom stereocenters. The fourth-order valence-corrected chi connectivity index (χ4v) is 2.61. The second-order valence-corrected chi connectivity index (χ2v) is 6.98. The minimum absolute atomic E-state index is 0.146. The molecule has 1 saturated heterocycles. The van der Waals surface area contributed by atoms with Gasteiger partial charge in [0.2, 0.25) is 0 Å². The van der Waals surface area contributed by atoms with Crippen LogP contribution in [0.2, 0.25) is 0 Å². The molecule has 0 amide bonds. The van der Waals surface area contributed by atoms with Gasteiger partial charge in [0.25, 0.3) is 10.2 Å². The molecular weight excluding hydrogens is 228 g/mol. The van der Waals surface area contributed by atoms with Crippen LogP contribution in [-0.4, -0.2) is 45.6 Å². The first-order chi connectivity index (χ1) is 7.31. The smallest absolute Gasteiger partial charge is 0.279 e. The summed E-state index contributed by atoms with van der Waals surface area (Å²) in [5, 5.41) is 0. The van der Waals surface area contributed by atoms with Crippen LogP contribution in [0.4, 0.5) is 0 Å². The van der Waals surface area contributed by atoms with Crippen LogP contribution in [0.25, 0.3) is 0 Å². The molecule has 6 heteroatoms. The minimum atomic E-state index is -3.30. The Morgan fingerprint density at radius 3 is 2.31 bits per heavy atom. The number of nitrogens with one attached hydrogen (secondary N) is 1. The lowest BCUT2D eigenvalue weighted by molar-refractivity contribution is 0.0724. The fourth-order valence-electron chi connectivity index (χ4n) is 1.43. The molecule has 0 aromatic rings. The molecule has 1 rings (SSSR count). The van der Waals surface area contributed by atoms with Crippen molar-refractivity contribution < 1.29 is 13.2 Å².